The molecule has 4 nitrogen and oxygen atoms in total. The Morgan fingerprint density at radius 3 is 3.07 bits per heavy atom. The number of aliphatic hydroxyl groups is 1. The van der Waals surface area contributed by atoms with Gasteiger partial charge in [0.05, 0.1) is 24.7 Å². The van der Waals surface area contributed by atoms with E-state index in [0.29, 0.717) is 0 Å². The summed E-state index contributed by atoms with van der Waals surface area (Å²) in [5.41, 5.74) is 6.60. The van der Waals surface area contributed by atoms with Crippen LogP contribution in [0.15, 0.2) is 12.5 Å². The summed E-state index contributed by atoms with van der Waals surface area (Å²) in [6, 6.07) is -0.347. The van der Waals surface area contributed by atoms with Gasteiger partial charge >= 0.3 is 0 Å². The van der Waals surface area contributed by atoms with Crippen molar-refractivity contribution < 1.29 is 5.11 Å². The Morgan fingerprint density at radius 2 is 2.40 bits per heavy atom. The van der Waals surface area contributed by atoms with Crippen molar-refractivity contribution in [2.45, 2.75) is 31.8 Å². The molecule has 0 radical (unpaired) electrons. The van der Waals surface area contributed by atoms with Gasteiger partial charge in [0.15, 0.2) is 0 Å². The Labute approximate surface area is 90.1 Å². The van der Waals surface area contributed by atoms with Gasteiger partial charge in [0, 0.05) is 19.2 Å². The van der Waals surface area contributed by atoms with Crippen molar-refractivity contribution in [3.63, 3.8) is 0 Å². The van der Waals surface area contributed by atoms with Crippen molar-refractivity contribution in [2.24, 2.45) is 5.73 Å². The van der Waals surface area contributed by atoms with E-state index in [-0.39, 0.29) is 12.6 Å². The van der Waals surface area contributed by atoms with Crippen LogP contribution in [0.5, 0.6) is 0 Å². The van der Waals surface area contributed by atoms with E-state index in [4.69, 9.17) is 17.3 Å². The summed E-state index contributed by atoms with van der Waals surface area (Å²) >= 11 is 0. The zero-order chi connectivity index (χ0) is 11.1. The average Bonchev–Trinajstić information content (AvgIpc) is 2.71. The molecule has 1 unspecified atom stereocenters. The van der Waals surface area contributed by atoms with Gasteiger partial charge in [0.1, 0.15) is 0 Å². The number of aryl methyl sites for hydroxylation is 1. The highest BCUT2D eigenvalue weighted by atomic mass is 16.3. The SMILES string of the molecule is C#CCCCCn1cncc1C(N)CO. The van der Waals surface area contributed by atoms with Gasteiger partial charge < -0.3 is 15.4 Å². The number of hydrogen-bond donors (Lipinski definition) is 2. The Balaban J connectivity index is 2.47. The minimum absolute atomic E-state index is 0.0595. The third kappa shape index (κ3) is 3.39. The molecule has 0 amide bonds. The van der Waals surface area contributed by atoms with E-state index in [1.54, 1.807) is 12.5 Å². The molecule has 0 bridgehead atoms. The average molecular weight is 207 g/mol. The number of rotatable bonds is 6. The fourth-order valence-electron chi connectivity index (χ4n) is 1.43. The Hall–Kier alpha value is -1.31. The number of imidazole rings is 1. The van der Waals surface area contributed by atoms with E-state index in [1.165, 1.54) is 0 Å². The van der Waals surface area contributed by atoms with Crippen LogP contribution in [0.4, 0.5) is 0 Å². The second-order valence-corrected chi connectivity index (χ2v) is 3.46. The van der Waals surface area contributed by atoms with E-state index in [1.807, 2.05) is 4.57 Å². The summed E-state index contributed by atoms with van der Waals surface area (Å²) in [6.45, 7) is 0.792. The molecule has 0 fully saturated rings. The topological polar surface area (TPSA) is 64.1 Å². The molecule has 0 aliphatic rings. The van der Waals surface area contributed by atoms with Crippen LogP contribution in [-0.2, 0) is 6.54 Å². The predicted octanol–water partition coefficient (Wildman–Crippen LogP) is 0.679. The third-order valence-corrected chi connectivity index (χ3v) is 2.29. The molecule has 82 valence electrons. The van der Waals surface area contributed by atoms with E-state index >= 15 is 0 Å². The van der Waals surface area contributed by atoms with Crippen LogP contribution in [0.3, 0.4) is 0 Å². The fraction of sp³-hybridized carbons (Fsp3) is 0.545. The quantitative estimate of drug-likeness (QED) is 0.532. The van der Waals surface area contributed by atoms with Crippen LogP contribution >= 0.6 is 0 Å². The van der Waals surface area contributed by atoms with Crippen LogP contribution in [0.2, 0.25) is 0 Å². The number of terminal acetylenes is 1. The molecule has 0 aliphatic heterocycles. The zero-order valence-electron chi connectivity index (χ0n) is 8.76. The van der Waals surface area contributed by atoms with Gasteiger partial charge in [0.2, 0.25) is 0 Å². The smallest absolute Gasteiger partial charge is 0.0948 e. The van der Waals surface area contributed by atoms with Gasteiger partial charge in [-0.15, -0.1) is 12.3 Å². The van der Waals surface area contributed by atoms with Gasteiger partial charge in [-0.2, -0.15) is 0 Å². The van der Waals surface area contributed by atoms with E-state index in [0.717, 1.165) is 31.5 Å². The molecule has 0 aliphatic carbocycles. The zero-order valence-corrected chi connectivity index (χ0v) is 8.76. The van der Waals surface area contributed by atoms with Gasteiger partial charge in [-0.05, 0) is 12.8 Å². The first-order valence-electron chi connectivity index (χ1n) is 5.09. The van der Waals surface area contributed by atoms with E-state index in [2.05, 4.69) is 10.9 Å². The predicted molar refractivity (Wildman–Crippen MR) is 58.9 cm³/mol. The van der Waals surface area contributed by atoms with Crippen LogP contribution in [0.1, 0.15) is 31.0 Å². The number of unbranched alkanes of at least 4 members (excludes halogenated alkanes) is 2. The molecule has 1 aromatic rings. The highest BCUT2D eigenvalue weighted by Gasteiger charge is 2.09. The molecule has 1 aromatic heterocycles. The van der Waals surface area contributed by atoms with Crippen LogP contribution in [-0.4, -0.2) is 21.3 Å². The lowest BCUT2D eigenvalue weighted by molar-refractivity contribution is 0.263. The first kappa shape index (κ1) is 11.8. The molecule has 15 heavy (non-hydrogen) atoms. The number of nitrogens with two attached hydrogens (primary N) is 1. The molecule has 3 N–H and O–H groups in total. The first-order chi connectivity index (χ1) is 7.29. The van der Waals surface area contributed by atoms with Crippen LogP contribution in [0.25, 0.3) is 0 Å². The van der Waals surface area contributed by atoms with Crippen molar-refractivity contribution in [2.75, 3.05) is 6.61 Å². The second-order valence-electron chi connectivity index (χ2n) is 3.46. The Bertz CT molecular complexity index is 327. The van der Waals surface area contributed by atoms with Crippen molar-refractivity contribution in [1.29, 1.82) is 0 Å². The second kappa shape index (κ2) is 6.23. The van der Waals surface area contributed by atoms with E-state index in [9.17, 15) is 0 Å². The normalized spacial score (nSPS) is 12.3. The van der Waals surface area contributed by atoms with E-state index < -0.39 is 0 Å². The van der Waals surface area contributed by atoms with Crippen molar-refractivity contribution in [1.82, 2.24) is 9.55 Å². The highest BCUT2D eigenvalue weighted by molar-refractivity contribution is 5.04. The maximum Gasteiger partial charge on any atom is 0.0948 e. The molecular formula is C11H17N3O. The maximum atomic E-state index is 8.95. The Morgan fingerprint density at radius 1 is 1.60 bits per heavy atom. The minimum atomic E-state index is -0.347. The van der Waals surface area contributed by atoms with Crippen LogP contribution < -0.4 is 5.73 Å². The number of nitrogens with zero attached hydrogens (tertiary/aromatic N) is 2. The summed E-state index contributed by atoms with van der Waals surface area (Å²) in [5, 5.41) is 8.95. The lowest BCUT2D eigenvalue weighted by atomic mass is 10.2. The molecular weight excluding hydrogens is 190 g/mol. The summed E-state index contributed by atoms with van der Waals surface area (Å²) < 4.78 is 1.97. The molecule has 4 heteroatoms. The van der Waals surface area contributed by atoms with Gasteiger partial charge in [-0.25, -0.2) is 4.98 Å². The van der Waals surface area contributed by atoms with Crippen LogP contribution in [0, 0.1) is 12.3 Å². The highest BCUT2D eigenvalue weighted by Crippen LogP contribution is 2.10. The van der Waals surface area contributed by atoms with Gasteiger partial charge in [0.25, 0.3) is 0 Å². The molecule has 0 saturated carbocycles. The minimum Gasteiger partial charge on any atom is -0.394 e. The summed E-state index contributed by atoms with van der Waals surface area (Å²) in [5.74, 6) is 2.61. The largest absolute Gasteiger partial charge is 0.394 e. The molecule has 1 atom stereocenters. The van der Waals surface area contributed by atoms with Crippen molar-refractivity contribution >= 4 is 0 Å². The lowest BCUT2D eigenvalue weighted by Gasteiger charge is -2.11. The number of aromatic nitrogens is 2. The monoisotopic (exact) mass is 207 g/mol. The van der Waals surface area contributed by atoms with Gasteiger partial charge in [-0.1, -0.05) is 0 Å². The summed E-state index contributed by atoms with van der Waals surface area (Å²) in [6.07, 6.45) is 11.4. The summed E-state index contributed by atoms with van der Waals surface area (Å²) in [4.78, 5) is 4.02. The molecule has 0 aromatic carbocycles. The molecule has 1 rings (SSSR count). The molecule has 0 spiro atoms. The fourth-order valence-corrected chi connectivity index (χ4v) is 1.43. The standard InChI is InChI=1S/C11H17N3O/c1-2-3-4-5-6-14-9-13-7-11(14)10(12)8-15/h1,7,9-10,15H,3-6,8,12H2. The number of hydrogen-bond acceptors (Lipinski definition) is 3. The molecule has 0 saturated heterocycles. The third-order valence-electron chi connectivity index (χ3n) is 2.29. The maximum absolute atomic E-state index is 8.95. The number of aliphatic hydroxyl groups excluding tert-OH is 1. The van der Waals surface area contributed by atoms with Crippen molar-refractivity contribution in [3.05, 3.63) is 18.2 Å². The molecule has 1 heterocycles. The summed E-state index contributed by atoms with van der Waals surface area (Å²) in [7, 11) is 0. The van der Waals surface area contributed by atoms with Gasteiger partial charge in [-0.3, -0.25) is 0 Å². The van der Waals surface area contributed by atoms with Crippen molar-refractivity contribution in [3.8, 4) is 12.3 Å². The first-order valence-corrected chi connectivity index (χ1v) is 5.09. The lowest BCUT2D eigenvalue weighted by Crippen LogP contribution is -2.18. The Kier molecular flexibility index (Phi) is 4.88.